The number of imidazole rings is 1. The summed E-state index contributed by atoms with van der Waals surface area (Å²) in [5.74, 6) is 2.19. The first kappa shape index (κ1) is 27.8. The molecule has 40 heavy (non-hydrogen) atoms. The van der Waals surface area contributed by atoms with Crippen LogP contribution in [0.4, 0.5) is 0 Å². The second kappa shape index (κ2) is 13.1. The van der Waals surface area contributed by atoms with Crippen LogP contribution in [0.2, 0.25) is 0 Å². The van der Waals surface area contributed by atoms with Crippen LogP contribution in [0.3, 0.4) is 0 Å². The van der Waals surface area contributed by atoms with Gasteiger partial charge < -0.3 is 24.7 Å². The van der Waals surface area contributed by atoms with Gasteiger partial charge in [-0.05, 0) is 55.0 Å². The smallest absolute Gasteiger partial charge is 0.224 e. The number of amides is 1. The quantitative estimate of drug-likeness (QED) is 0.274. The average Bonchev–Trinajstić information content (AvgIpc) is 3.36. The molecule has 1 amide bonds. The fraction of sp³-hybridized carbons (Fsp3) is 0.406. The second-order valence-electron chi connectivity index (χ2n) is 10.6. The Hall–Kier alpha value is -3.75. The number of ether oxygens (including phenoxy) is 2. The Morgan fingerprint density at radius 2 is 1.95 bits per heavy atom. The third-order valence-electron chi connectivity index (χ3n) is 7.75. The molecule has 4 aromatic rings. The van der Waals surface area contributed by atoms with E-state index in [0.717, 1.165) is 71.6 Å². The number of carbonyl (C=O) groups excluding carboxylic acids is 1. The summed E-state index contributed by atoms with van der Waals surface area (Å²) < 4.78 is 13.1. The fourth-order valence-electron chi connectivity index (χ4n) is 5.75. The van der Waals surface area contributed by atoms with Gasteiger partial charge in [0.1, 0.15) is 11.6 Å². The first-order valence-electron chi connectivity index (χ1n) is 14.1. The Bertz CT molecular complexity index is 1420. The lowest BCUT2D eigenvalue weighted by Crippen LogP contribution is -2.42. The molecule has 2 N–H and O–H groups in total. The summed E-state index contributed by atoms with van der Waals surface area (Å²) in [5.41, 5.74) is 11.7. The van der Waals surface area contributed by atoms with Crippen LogP contribution >= 0.6 is 0 Å². The number of hydrogen-bond acceptors (Lipinski definition) is 6. The lowest BCUT2D eigenvalue weighted by Gasteiger charge is -2.33. The second-order valence-corrected chi connectivity index (χ2v) is 10.6. The van der Waals surface area contributed by atoms with Gasteiger partial charge in [-0.25, -0.2) is 4.98 Å². The van der Waals surface area contributed by atoms with Crippen molar-refractivity contribution < 1.29 is 14.3 Å². The highest BCUT2D eigenvalue weighted by molar-refractivity contribution is 5.78. The number of methoxy groups -OCH3 is 2. The molecule has 0 aliphatic carbocycles. The zero-order valence-electron chi connectivity index (χ0n) is 23.5. The number of aromatic nitrogens is 3. The molecule has 2 aromatic heterocycles. The van der Waals surface area contributed by atoms with Gasteiger partial charge in [-0.1, -0.05) is 36.4 Å². The number of nitrogens with zero attached hydrogens (tertiary/aromatic N) is 4. The zero-order chi connectivity index (χ0) is 27.9. The monoisotopic (exact) mass is 541 g/mol. The van der Waals surface area contributed by atoms with Crippen molar-refractivity contribution >= 4 is 16.9 Å². The number of benzene rings is 2. The summed E-state index contributed by atoms with van der Waals surface area (Å²) in [6.45, 7) is 3.01. The minimum Gasteiger partial charge on any atom is -0.496 e. The van der Waals surface area contributed by atoms with Gasteiger partial charge in [-0.2, -0.15) is 0 Å². The zero-order valence-corrected chi connectivity index (χ0v) is 23.5. The summed E-state index contributed by atoms with van der Waals surface area (Å²) in [6, 6.07) is 18.1. The molecule has 2 aromatic carbocycles. The average molecular weight is 542 g/mol. The van der Waals surface area contributed by atoms with Crippen LogP contribution in [0, 0.1) is 0 Å². The number of rotatable bonds is 11. The van der Waals surface area contributed by atoms with E-state index in [4.69, 9.17) is 20.2 Å². The van der Waals surface area contributed by atoms with E-state index in [9.17, 15) is 4.79 Å². The Morgan fingerprint density at radius 3 is 2.75 bits per heavy atom. The molecule has 2 unspecified atom stereocenters. The Labute approximate surface area is 236 Å². The van der Waals surface area contributed by atoms with Crippen LogP contribution in [0.5, 0.6) is 5.75 Å². The molecule has 2 atom stereocenters. The lowest BCUT2D eigenvalue weighted by atomic mass is 9.95. The molecular formula is C32H39N5O3. The van der Waals surface area contributed by atoms with Crippen LogP contribution < -0.4 is 10.5 Å². The van der Waals surface area contributed by atoms with Crippen molar-refractivity contribution in [2.24, 2.45) is 5.73 Å². The molecule has 0 saturated carbocycles. The van der Waals surface area contributed by atoms with Gasteiger partial charge >= 0.3 is 0 Å². The van der Waals surface area contributed by atoms with E-state index in [0.29, 0.717) is 26.0 Å². The lowest BCUT2D eigenvalue weighted by molar-refractivity contribution is -0.132. The van der Waals surface area contributed by atoms with Crippen LogP contribution in [0.1, 0.15) is 43.0 Å². The van der Waals surface area contributed by atoms with Crippen molar-refractivity contribution in [3.63, 3.8) is 0 Å². The molecule has 0 bridgehead atoms. The number of piperidine rings is 1. The topological polar surface area (TPSA) is 95.5 Å². The molecule has 210 valence electrons. The SMILES string of the molecule is COCCCn1c(C2CCCN(C(=O)CC(N)Cc3ccc(-c4cnccc4OC)cc3)C2)nc2ccccc21. The van der Waals surface area contributed by atoms with E-state index < -0.39 is 0 Å². The summed E-state index contributed by atoms with van der Waals surface area (Å²) >= 11 is 0. The molecule has 1 aliphatic rings. The van der Waals surface area contributed by atoms with Crippen molar-refractivity contribution in [1.29, 1.82) is 0 Å². The van der Waals surface area contributed by atoms with Gasteiger partial charge in [-0.15, -0.1) is 0 Å². The third kappa shape index (κ3) is 6.35. The number of fused-ring (bicyclic) bond motifs is 1. The van der Waals surface area contributed by atoms with Crippen LogP contribution in [-0.4, -0.2) is 65.3 Å². The molecule has 1 fully saturated rings. The number of para-hydroxylation sites is 2. The summed E-state index contributed by atoms with van der Waals surface area (Å²) in [6.07, 6.45) is 7.40. The molecule has 1 aliphatic heterocycles. The van der Waals surface area contributed by atoms with Gasteiger partial charge in [0.25, 0.3) is 0 Å². The van der Waals surface area contributed by atoms with Gasteiger partial charge in [0.05, 0.1) is 18.1 Å². The minimum atomic E-state index is -0.245. The van der Waals surface area contributed by atoms with Crippen LogP contribution in [-0.2, 0) is 22.5 Å². The predicted molar refractivity (Wildman–Crippen MR) is 157 cm³/mol. The molecule has 1 saturated heterocycles. The number of pyridine rings is 1. The predicted octanol–water partition coefficient (Wildman–Crippen LogP) is 4.81. The van der Waals surface area contributed by atoms with Crippen molar-refractivity contribution in [3.05, 3.63) is 78.4 Å². The minimum absolute atomic E-state index is 0.121. The highest BCUT2D eigenvalue weighted by Gasteiger charge is 2.29. The van der Waals surface area contributed by atoms with Crippen molar-refractivity contribution in [2.45, 2.75) is 50.6 Å². The van der Waals surface area contributed by atoms with Gasteiger partial charge in [-0.3, -0.25) is 9.78 Å². The maximum atomic E-state index is 13.3. The van der Waals surface area contributed by atoms with E-state index >= 15 is 0 Å². The number of carbonyl (C=O) groups is 1. The van der Waals surface area contributed by atoms with Crippen LogP contribution in [0.25, 0.3) is 22.2 Å². The first-order chi connectivity index (χ1) is 19.6. The molecule has 3 heterocycles. The highest BCUT2D eigenvalue weighted by atomic mass is 16.5. The largest absolute Gasteiger partial charge is 0.496 e. The maximum Gasteiger partial charge on any atom is 0.224 e. The fourth-order valence-corrected chi connectivity index (χ4v) is 5.75. The van der Waals surface area contributed by atoms with E-state index in [-0.39, 0.29) is 17.9 Å². The van der Waals surface area contributed by atoms with Crippen molar-refractivity contribution in [2.75, 3.05) is 33.9 Å². The van der Waals surface area contributed by atoms with Crippen molar-refractivity contribution in [1.82, 2.24) is 19.4 Å². The Balaban J connectivity index is 1.21. The number of likely N-dealkylation sites (tertiary alicyclic amines) is 1. The molecule has 8 nitrogen and oxygen atoms in total. The van der Waals surface area contributed by atoms with Crippen LogP contribution in [0.15, 0.2) is 67.0 Å². The van der Waals surface area contributed by atoms with Crippen molar-refractivity contribution in [3.8, 4) is 16.9 Å². The van der Waals surface area contributed by atoms with Gasteiger partial charge in [0.15, 0.2) is 0 Å². The number of hydrogen-bond donors (Lipinski definition) is 1. The number of aryl methyl sites for hydroxylation is 1. The summed E-state index contributed by atoms with van der Waals surface area (Å²) in [4.78, 5) is 24.6. The molecule has 0 radical (unpaired) electrons. The van der Waals surface area contributed by atoms with Gasteiger partial charge in [0.2, 0.25) is 5.91 Å². The molecule has 5 rings (SSSR count). The Kier molecular flexibility index (Phi) is 9.08. The highest BCUT2D eigenvalue weighted by Crippen LogP contribution is 2.31. The van der Waals surface area contributed by atoms with E-state index in [1.807, 2.05) is 17.0 Å². The molecule has 8 heteroatoms. The normalized spacial score (nSPS) is 16.3. The molecular weight excluding hydrogens is 502 g/mol. The molecule has 0 spiro atoms. The Morgan fingerprint density at radius 1 is 1.12 bits per heavy atom. The van der Waals surface area contributed by atoms with E-state index in [1.54, 1.807) is 26.6 Å². The van der Waals surface area contributed by atoms with E-state index in [2.05, 4.69) is 52.0 Å². The number of nitrogens with two attached hydrogens (primary N) is 1. The van der Waals surface area contributed by atoms with Gasteiger partial charge in [0, 0.05) is 69.7 Å². The summed E-state index contributed by atoms with van der Waals surface area (Å²) in [5, 5.41) is 0. The first-order valence-corrected chi connectivity index (χ1v) is 14.1. The summed E-state index contributed by atoms with van der Waals surface area (Å²) in [7, 11) is 3.39. The standard InChI is InChI=1S/C32H39N5O3/c1-39-18-6-17-37-29-9-4-3-8-28(29)35-32(37)25-7-5-16-36(22-25)31(38)20-26(33)19-23-10-12-24(13-11-23)27-21-34-15-14-30(27)40-2/h3-4,8-15,21,25-26H,5-7,16-20,22,33H2,1-2H3. The maximum absolute atomic E-state index is 13.3. The third-order valence-corrected chi connectivity index (χ3v) is 7.75. The van der Waals surface area contributed by atoms with E-state index in [1.165, 1.54) is 0 Å².